The molecule has 1 aromatic rings. The molecule has 0 bridgehead atoms. The van der Waals surface area contributed by atoms with Crippen LogP contribution in [0.1, 0.15) is 23.2 Å². The fourth-order valence-corrected chi connectivity index (χ4v) is 2.85. The third-order valence-corrected chi connectivity index (χ3v) is 3.99. The van der Waals surface area contributed by atoms with Crippen molar-refractivity contribution >= 4 is 33.4 Å². The number of nitrogens with one attached hydrogen (secondary N) is 2. The molecule has 2 rings (SSSR count). The van der Waals surface area contributed by atoms with E-state index in [1.165, 1.54) is 0 Å². The zero-order valence-corrected chi connectivity index (χ0v) is 12.4. The number of amides is 1. The lowest BCUT2D eigenvalue weighted by Crippen LogP contribution is -2.36. The lowest BCUT2D eigenvalue weighted by Gasteiger charge is -2.22. The third-order valence-electron chi connectivity index (χ3n) is 3.19. The maximum absolute atomic E-state index is 12.0. The van der Waals surface area contributed by atoms with Gasteiger partial charge in [0.05, 0.1) is 10.6 Å². The van der Waals surface area contributed by atoms with Crippen molar-refractivity contribution in [2.24, 2.45) is 5.92 Å². The first-order chi connectivity index (χ1) is 8.66. The highest BCUT2D eigenvalue weighted by Gasteiger charge is 2.15. The van der Waals surface area contributed by atoms with Crippen LogP contribution in [0.25, 0.3) is 0 Å². The van der Waals surface area contributed by atoms with E-state index in [1.807, 2.05) is 6.07 Å². The Balaban J connectivity index is 1.90. The summed E-state index contributed by atoms with van der Waals surface area (Å²) in [6.07, 6.45) is 2.24. The van der Waals surface area contributed by atoms with E-state index in [0.717, 1.165) is 36.9 Å². The van der Waals surface area contributed by atoms with Gasteiger partial charge >= 0.3 is 0 Å². The molecule has 0 spiro atoms. The van der Waals surface area contributed by atoms with Crippen LogP contribution >= 0.6 is 27.5 Å². The molecule has 1 aliphatic rings. The standard InChI is InChI=1S/C13H16BrClN2O/c14-10-1-2-11(12(15)7-10)13(18)17-8-9-3-5-16-6-4-9/h1-2,7,9,16H,3-6,8H2,(H,17,18). The Hall–Kier alpha value is -0.580. The van der Waals surface area contributed by atoms with Gasteiger partial charge < -0.3 is 10.6 Å². The predicted molar refractivity (Wildman–Crippen MR) is 77.1 cm³/mol. The Labute approximate surface area is 120 Å². The molecule has 0 aliphatic carbocycles. The van der Waals surface area contributed by atoms with Crippen LogP contribution in [-0.4, -0.2) is 25.5 Å². The summed E-state index contributed by atoms with van der Waals surface area (Å²) < 4.78 is 0.877. The van der Waals surface area contributed by atoms with Crippen LogP contribution in [0.5, 0.6) is 0 Å². The normalized spacial score (nSPS) is 16.6. The number of carbonyl (C=O) groups is 1. The van der Waals surface area contributed by atoms with Gasteiger partial charge in [-0.15, -0.1) is 0 Å². The van der Waals surface area contributed by atoms with E-state index in [1.54, 1.807) is 12.1 Å². The fourth-order valence-electron chi connectivity index (χ4n) is 2.09. The van der Waals surface area contributed by atoms with Crippen LogP contribution < -0.4 is 10.6 Å². The van der Waals surface area contributed by atoms with Crippen molar-refractivity contribution in [3.8, 4) is 0 Å². The molecule has 0 aromatic heterocycles. The minimum Gasteiger partial charge on any atom is -0.352 e. The maximum Gasteiger partial charge on any atom is 0.252 e. The molecule has 1 aromatic carbocycles. The number of benzene rings is 1. The van der Waals surface area contributed by atoms with Gasteiger partial charge in [0, 0.05) is 11.0 Å². The van der Waals surface area contributed by atoms with Crippen molar-refractivity contribution in [3.63, 3.8) is 0 Å². The highest BCUT2D eigenvalue weighted by atomic mass is 79.9. The van der Waals surface area contributed by atoms with Gasteiger partial charge in [-0.2, -0.15) is 0 Å². The molecule has 2 N–H and O–H groups in total. The summed E-state index contributed by atoms with van der Waals surface area (Å²) in [7, 11) is 0. The van der Waals surface area contributed by atoms with Crippen molar-refractivity contribution < 1.29 is 4.79 Å². The Morgan fingerprint density at radius 2 is 2.17 bits per heavy atom. The van der Waals surface area contributed by atoms with E-state index in [2.05, 4.69) is 26.6 Å². The number of halogens is 2. The molecule has 3 nitrogen and oxygen atoms in total. The zero-order valence-electron chi connectivity index (χ0n) is 10.0. The first-order valence-corrected chi connectivity index (χ1v) is 7.28. The summed E-state index contributed by atoms with van der Waals surface area (Å²) in [5, 5.41) is 6.75. The van der Waals surface area contributed by atoms with Crippen molar-refractivity contribution in [3.05, 3.63) is 33.3 Å². The average Bonchev–Trinajstić information content (AvgIpc) is 2.37. The number of carbonyl (C=O) groups excluding carboxylic acids is 1. The molecule has 1 aliphatic heterocycles. The van der Waals surface area contributed by atoms with Gasteiger partial charge in [0.1, 0.15) is 0 Å². The molecule has 18 heavy (non-hydrogen) atoms. The summed E-state index contributed by atoms with van der Waals surface area (Å²) in [5.41, 5.74) is 0.536. The van der Waals surface area contributed by atoms with Gasteiger partial charge in [-0.25, -0.2) is 0 Å². The van der Waals surface area contributed by atoms with Gasteiger partial charge in [-0.05, 0) is 50.0 Å². The monoisotopic (exact) mass is 330 g/mol. The van der Waals surface area contributed by atoms with E-state index in [0.29, 0.717) is 16.5 Å². The van der Waals surface area contributed by atoms with Crippen molar-refractivity contribution in [1.82, 2.24) is 10.6 Å². The quantitative estimate of drug-likeness (QED) is 0.894. The zero-order chi connectivity index (χ0) is 13.0. The van der Waals surface area contributed by atoms with Gasteiger partial charge in [0.25, 0.3) is 5.91 Å². The molecule has 0 radical (unpaired) electrons. The third kappa shape index (κ3) is 3.70. The van der Waals surface area contributed by atoms with Crippen LogP contribution in [0.2, 0.25) is 5.02 Å². The van der Waals surface area contributed by atoms with Crippen LogP contribution in [0.4, 0.5) is 0 Å². The topological polar surface area (TPSA) is 41.1 Å². The van der Waals surface area contributed by atoms with Gasteiger partial charge in [-0.1, -0.05) is 27.5 Å². The van der Waals surface area contributed by atoms with Crippen molar-refractivity contribution in [1.29, 1.82) is 0 Å². The summed E-state index contributed by atoms with van der Waals surface area (Å²) in [6, 6.07) is 5.30. The molecule has 0 atom stereocenters. The summed E-state index contributed by atoms with van der Waals surface area (Å²) >= 11 is 9.37. The highest BCUT2D eigenvalue weighted by Crippen LogP contribution is 2.21. The molecule has 0 saturated carbocycles. The number of rotatable bonds is 3. The number of hydrogen-bond acceptors (Lipinski definition) is 2. The Morgan fingerprint density at radius 1 is 1.44 bits per heavy atom. The number of piperidine rings is 1. The summed E-state index contributed by atoms with van der Waals surface area (Å²) in [4.78, 5) is 12.0. The SMILES string of the molecule is O=C(NCC1CCNCC1)c1ccc(Br)cc1Cl. The number of hydrogen-bond donors (Lipinski definition) is 2. The van der Waals surface area contributed by atoms with E-state index >= 15 is 0 Å². The maximum atomic E-state index is 12.0. The molecule has 0 unspecified atom stereocenters. The summed E-state index contributed by atoms with van der Waals surface area (Å²) in [5.74, 6) is 0.482. The lowest BCUT2D eigenvalue weighted by atomic mass is 9.98. The first-order valence-electron chi connectivity index (χ1n) is 6.11. The molecular formula is C13H16BrClN2O. The van der Waals surface area contributed by atoms with Crippen LogP contribution in [0, 0.1) is 5.92 Å². The first kappa shape index (κ1) is 13.8. The molecule has 98 valence electrons. The fraction of sp³-hybridized carbons (Fsp3) is 0.462. The Morgan fingerprint density at radius 3 is 2.83 bits per heavy atom. The van der Waals surface area contributed by atoms with Crippen LogP contribution in [-0.2, 0) is 0 Å². The largest absolute Gasteiger partial charge is 0.352 e. The van der Waals surface area contributed by atoms with Crippen molar-refractivity contribution in [2.75, 3.05) is 19.6 Å². The second-order valence-electron chi connectivity index (χ2n) is 4.53. The smallest absolute Gasteiger partial charge is 0.252 e. The van der Waals surface area contributed by atoms with Gasteiger partial charge in [0.15, 0.2) is 0 Å². The van der Waals surface area contributed by atoms with Gasteiger partial charge in [0.2, 0.25) is 0 Å². The van der Waals surface area contributed by atoms with E-state index in [4.69, 9.17) is 11.6 Å². The average molecular weight is 332 g/mol. The molecule has 1 heterocycles. The molecule has 1 amide bonds. The van der Waals surface area contributed by atoms with E-state index < -0.39 is 0 Å². The van der Waals surface area contributed by atoms with Crippen LogP contribution in [0.3, 0.4) is 0 Å². The van der Waals surface area contributed by atoms with Crippen molar-refractivity contribution in [2.45, 2.75) is 12.8 Å². The second kappa shape index (κ2) is 6.55. The minimum absolute atomic E-state index is 0.0916. The van der Waals surface area contributed by atoms with Gasteiger partial charge in [-0.3, -0.25) is 4.79 Å². The predicted octanol–water partition coefficient (Wildman–Crippen LogP) is 2.83. The highest BCUT2D eigenvalue weighted by molar-refractivity contribution is 9.10. The van der Waals surface area contributed by atoms with Crippen LogP contribution in [0.15, 0.2) is 22.7 Å². The Bertz CT molecular complexity index is 433. The lowest BCUT2D eigenvalue weighted by molar-refractivity contribution is 0.0944. The Kier molecular flexibility index (Phi) is 5.03. The summed E-state index contributed by atoms with van der Waals surface area (Å²) in [6.45, 7) is 2.81. The minimum atomic E-state index is -0.0916. The van der Waals surface area contributed by atoms with E-state index in [-0.39, 0.29) is 5.91 Å². The molecular weight excluding hydrogens is 316 g/mol. The molecule has 5 heteroatoms. The molecule has 1 fully saturated rings. The second-order valence-corrected chi connectivity index (χ2v) is 5.85. The van der Waals surface area contributed by atoms with E-state index in [9.17, 15) is 4.79 Å². The molecule has 1 saturated heterocycles.